The van der Waals surface area contributed by atoms with Crippen molar-refractivity contribution in [1.82, 2.24) is 0 Å². The molecule has 2 N–H and O–H groups in total. The Kier molecular flexibility index (Phi) is 5.67. The first-order chi connectivity index (χ1) is 13.2. The molecule has 0 bridgehead atoms. The average molecular weight is 383 g/mol. The van der Waals surface area contributed by atoms with Gasteiger partial charge in [-0.25, -0.2) is 4.39 Å². The second-order valence-corrected chi connectivity index (χ2v) is 8.56. The van der Waals surface area contributed by atoms with Gasteiger partial charge in [0.2, 0.25) is 6.17 Å². The van der Waals surface area contributed by atoms with E-state index in [-0.39, 0.29) is 5.82 Å². The Bertz CT molecular complexity index is 788. The van der Waals surface area contributed by atoms with Crippen LogP contribution in [-0.2, 0) is 13.1 Å². The monoisotopic (exact) mass is 382 g/mol. The molecule has 2 aromatic carbocycles. The van der Waals surface area contributed by atoms with Gasteiger partial charge in [0.15, 0.2) is 0 Å². The third kappa shape index (κ3) is 4.46. The van der Waals surface area contributed by atoms with Gasteiger partial charge in [0.1, 0.15) is 23.8 Å². The van der Waals surface area contributed by atoms with E-state index in [2.05, 4.69) is 48.7 Å². The number of rotatable bonds is 5. The van der Waals surface area contributed by atoms with Crippen molar-refractivity contribution in [2.24, 2.45) is 0 Å². The van der Waals surface area contributed by atoms with Crippen molar-refractivity contribution in [3.05, 3.63) is 93.4 Å². The van der Waals surface area contributed by atoms with Crippen molar-refractivity contribution in [1.29, 1.82) is 0 Å². The SMILES string of the molecule is Cc1ccc(C[NH+]2CCC[NH+](Cc3ccc(F)cc3)C2c2cccs2)cc1. The number of thiophene rings is 1. The minimum Gasteiger partial charge on any atom is -0.277 e. The van der Waals surface area contributed by atoms with Crippen molar-refractivity contribution in [2.75, 3.05) is 13.1 Å². The molecule has 1 aliphatic heterocycles. The molecule has 1 aliphatic rings. The molecule has 0 spiro atoms. The molecule has 27 heavy (non-hydrogen) atoms. The first kappa shape index (κ1) is 18.4. The van der Waals surface area contributed by atoms with Gasteiger partial charge in [-0.3, -0.25) is 9.80 Å². The Morgan fingerprint density at radius 3 is 2.04 bits per heavy atom. The molecule has 140 valence electrons. The predicted octanol–water partition coefficient (Wildman–Crippen LogP) is 2.77. The standard InChI is InChI=1S/C23H25FN2S/c1-18-5-7-19(8-6-18)16-25-13-3-14-26(23(25)22-4-2-15-27-22)17-20-9-11-21(24)12-10-20/h2,4-12,15,23H,3,13-14,16-17H2,1H3/p+2. The average Bonchev–Trinajstić information content (AvgIpc) is 3.20. The van der Waals surface area contributed by atoms with Crippen LogP contribution in [0.25, 0.3) is 0 Å². The number of halogens is 1. The lowest BCUT2D eigenvalue weighted by atomic mass is 10.1. The molecule has 0 saturated carbocycles. The van der Waals surface area contributed by atoms with Gasteiger partial charge < -0.3 is 0 Å². The Morgan fingerprint density at radius 1 is 0.889 bits per heavy atom. The summed E-state index contributed by atoms with van der Waals surface area (Å²) < 4.78 is 13.3. The second-order valence-electron chi connectivity index (χ2n) is 7.58. The Labute approximate surface area is 164 Å². The first-order valence-corrected chi connectivity index (χ1v) is 10.6. The largest absolute Gasteiger partial charge is 0.277 e. The zero-order valence-corrected chi connectivity index (χ0v) is 16.6. The fraction of sp³-hybridized carbons (Fsp3) is 0.304. The molecule has 0 radical (unpaired) electrons. The third-order valence-corrected chi connectivity index (χ3v) is 6.47. The van der Waals surface area contributed by atoms with Gasteiger partial charge >= 0.3 is 0 Å². The molecule has 3 unspecified atom stereocenters. The summed E-state index contributed by atoms with van der Waals surface area (Å²) in [6.07, 6.45) is 1.66. The number of hydrogen-bond acceptors (Lipinski definition) is 1. The van der Waals surface area contributed by atoms with Crippen LogP contribution in [0.2, 0.25) is 0 Å². The zero-order valence-electron chi connectivity index (χ0n) is 15.7. The van der Waals surface area contributed by atoms with Gasteiger partial charge in [0.25, 0.3) is 0 Å². The van der Waals surface area contributed by atoms with E-state index in [1.807, 2.05) is 23.5 Å². The molecule has 3 aromatic rings. The second kappa shape index (κ2) is 8.34. The third-order valence-electron chi connectivity index (χ3n) is 5.54. The maximum absolute atomic E-state index is 13.3. The van der Waals surface area contributed by atoms with Crippen molar-refractivity contribution in [2.45, 2.75) is 32.6 Å². The lowest BCUT2D eigenvalue weighted by Gasteiger charge is -2.37. The summed E-state index contributed by atoms with van der Waals surface area (Å²) >= 11 is 1.86. The maximum Gasteiger partial charge on any atom is 0.250 e. The van der Waals surface area contributed by atoms with Crippen molar-refractivity contribution in [3.63, 3.8) is 0 Å². The van der Waals surface area contributed by atoms with Crippen LogP contribution in [0.4, 0.5) is 4.39 Å². The van der Waals surface area contributed by atoms with E-state index in [9.17, 15) is 4.39 Å². The predicted molar refractivity (Wildman–Crippen MR) is 108 cm³/mol. The highest BCUT2D eigenvalue weighted by molar-refractivity contribution is 7.09. The number of benzene rings is 2. The summed E-state index contributed by atoms with van der Waals surface area (Å²) in [7, 11) is 0. The van der Waals surface area contributed by atoms with Crippen LogP contribution in [0, 0.1) is 12.7 Å². The van der Waals surface area contributed by atoms with Gasteiger partial charge in [0.05, 0.1) is 13.1 Å². The summed E-state index contributed by atoms with van der Waals surface area (Å²) in [4.78, 5) is 4.66. The number of quaternary nitrogens is 2. The topological polar surface area (TPSA) is 8.88 Å². The lowest BCUT2D eigenvalue weighted by Crippen LogP contribution is -3.32. The minimum absolute atomic E-state index is 0.158. The molecule has 4 rings (SSSR count). The Balaban J connectivity index is 1.58. The fourth-order valence-electron chi connectivity index (χ4n) is 4.19. The van der Waals surface area contributed by atoms with E-state index in [0.29, 0.717) is 6.17 Å². The van der Waals surface area contributed by atoms with Crippen LogP contribution in [0.1, 0.15) is 34.2 Å². The molecule has 3 atom stereocenters. The van der Waals surface area contributed by atoms with E-state index in [1.165, 1.54) is 34.5 Å². The van der Waals surface area contributed by atoms with E-state index < -0.39 is 0 Å². The summed E-state index contributed by atoms with van der Waals surface area (Å²) in [5.74, 6) is -0.158. The molecule has 0 aliphatic carbocycles. The normalized spacial score (nSPS) is 22.7. The highest BCUT2D eigenvalue weighted by atomic mass is 32.1. The number of aryl methyl sites for hydroxylation is 1. The molecular formula is C23H27FN2S+2. The first-order valence-electron chi connectivity index (χ1n) is 9.71. The number of hydrogen-bond donors (Lipinski definition) is 2. The maximum atomic E-state index is 13.3. The molecule has 0 amide bonds. The van der Waals surface area contributed by atoms with Crippen molar-refractivity contribution in [3.8, 4) is 0 Å². The van der Waals surface area contributed by atoms with Gasteiger partial charge in [-0.05, 0) is 30.5 Å². The van der Waals surface area contributed by atoms with Crippen LogP contribution in [0.15, 0.2) is 66.0 Å². The zero-order chi connectivity index (χ0) is 18.6. The van der Waals surface area contributed by atoms with E-state index in [0.717, 1.165) is 19.6 Å². The molecular weight excluding hydrogens is 355 g/mol. The van der Waals surface area contributed by atoms with Gasteiger partial charge in [-0.1, -0.05) is 48.0 Å². The Hall–Kier alpha value is -2.01. The molecule has 2 heterocycles. The molecule has 1 aromatic heterocycles. The summed E-state index contributed by atoms with van der Waals surface area (Å²) in [5, 5.41) is 2.18. The molecule has 1 fully saturated rings. The van der Waals surface area contributed by atoms with Gasteiger partial charge in [0, 0.05) is 17.5 Å². The smallest absolute Gasteiger partial charge is 0.250 e. The van der Waals surface area contributed by atoms with Gasteiger partial charge in [-0.2, -0.15) is 0 Å². The number of nitrogens with one attached hydrogen (secondary N) is 2. The van der Waals surface area contributed by atoms with Crippen LogP contribution >= 0.6 is 11.3 Å². The highest BCUT2D eigenvalue weighted by Crippen LogP contribution is 2.15. The van der Waals surface area contributed by atoms with Gasteiger partial charge in [-0.15, -0.1) is 11.3 Å². The minimum atomic E-state index is -0.158. The van der Waals surface area contributed by atoms with E-state index >= 15 is 0 Å². The van der Waals surface area contributed by atoms with E-state index in [1.54, 1.807) is 21.9 Å². The quantitative estimate of drug-likeness (QED) is 0.672. The fourth-order valence-corrected chi connectivity index (χ4v) is 5.13. The Morgan fingerprint density at radius 2 is 1.48 bits per heavy atom. The molecule has 2 nitrogen and oxygen atoms in total. The van der Waals surface area contributed by atoms with E-state index in [4.69, 9.17) is 0 Å². The van der Waals surface area contributed by atoms with Crippen molar-refractivity contribution >= 4 is 11.3 Å². The lowest BCUT2D eigenvalue weighted by molar-refractivity contribution is -1.16. The highest BCUT2D eigenvalue weighted by Gasteiger charge is 2.38. The van der Waals surface area contributed by atoms with Crippen molar-refractivity contribution < 1.29 is 14.2 Å². The van der Waals surface area contributed by atoms with Crippen LogP contribution in [0.3, 0.4) is 0 Å². The van der Waals surface area contributed by atoms with Crippen LogP contribution in [-0.4, -0.2) is 13.1 Å². The van der Waals surface area contributed by atoms with Crippen LogP contribution < -0.4 is 9.80 Å². The van der Waals surface area contributed by atoms with Crippen LogP contribution in [0.5, 0.6) is 0 Å². The summed E-state index contributed by atoms with van der Waals surface area (Å²) in [6, 6.07) is 20.4. The summed E-state index contributed by atoms with van der Waals surface area (Å²) in [6.45, 7) is 6.50. The molecule has 1 saturated heterocycles. The molecule has 4 heteroatoms. The summed E-state index contributed by atoms with van der Waals surface area (Å²) in [5.41, 5.74) is 3.93.